The molecule has 0 bridgehead atoms. The Morgan fingerprint density at radius 3 is 1.66 bits per heavy atom. The van der Waals surface area contributed by atoms with E-state index in [-0.39, 0.29) is 23.9 Å². The maximum Gasteiger partial charge on any atom is 0.469 e. The minimum Gasteiger partial charge on any atom is -0.481 e. The van der Waals surface area contributed by atoms with E-state index in [0.29, 0.717) is 6.42 Å². The van der Waals surface area contributed by atoms with E-state index in [1.54, 1.807) is 0 Å². The fourth-order valence-corrected chi connectivity index (χ4v) is 3.79. The van der Waals surface area contributed by atoms with Crippen molar-refractivity contribution in [3.63, 3.8) is 0 Å². The molecule has 0 unspecified atom stereocenters. The van der Waals surface area contributed by atoms with Crippen LogP contribution in [0, 0.1) is 10.8 Å². The first-order chi connectivity index (χ1) is 13.3. The molecule has 29 heavy (non-hydrogen) atoms. The molecule has 0 heterocycles. The second-order valence-electron chi connectivity index (χ2n) is 9.53. The van der Waals surface area contributed by atoms with E-state index in [9.17, 15) is 9.36 Å². The quantitative estimate of drug-likeness (QED) is 0.179. The lowest BCUT2D eigenvalue weighted by Gasteiger charge is -2.24. The number of carboxylic acids is 1. The van der Waals surface area contributed by atoms with Crippen LogP contribution >= 0.6 is 7.82 Å². The molecule has 0 aliphatic heterocycles. The summed E-state index contributed by atoms with van der Waals surface area (Å²) in [7, 11) is -4.35. The van der Waals surface area contributed by atoms with Crippen LogP contribution in [0.25, 0.3) is 0 Å². The molecule has 0 aromatic carbocycles. The summed E-state index contributed by atoms with van der Waals surface area (Å²) in [5.74, 6) is -0.716. The van der Waals surface area contributed by atoms with Gasteiger partial charge in [0.05, 0.1) is 6.61 Å². The van der Waals surface area contributed by atoms with Gasteiger partial charge in [0.25, 0.3) is 0 Å². The normalized spacial score (nSPS) is 13.0. The van der Waals surface area contributed by atoms with Gasteiger partial charge in [-0.15, -0.1) is 0 Å². The van der Waals surface area contributed by atoms with E-state index >= 15 is 0 Å². The molecule has 8 heteroatoms. The number of unbranched alkanes of at least 4 members (excludes halogenated alkanes) is 2. The number of hydrogen-bond acceptors (Lipinski definition) is 4. The van der Waals surface area contributed by atoms with Gasteiger partial charge in [0.1, 0.15) is 0 Å². The minimum atomic E-state index is -4.35. The molecule has 0 aliphatic rings. The third-order valence-corrected chi connectivity index (χ3v) is 5.80. The van der Waals surface area contributed by atoms with Gasteiger partial charge in [-0.2, -0.15) is 0 Å². The van der Waals surface area contributed by atoms with E-state index in [1.165, 1.54) is 0 Å². The van der Waals surface area contributed by atoms with Crippen LogP contribution < -0.4 is 0 Å². The van der Waals surface area contributed by atoms with Crippen LogP contribution in [-0.4, -0.2) is 40.7 Å². The van der Waals surface area contributed by atoms with E-state index in [4.69, 9.17) is 19.6 Å². The minimum absolute atomic E-state index is 0.0905. The molecule has 0 aromatic heterocycles. The van der Waals surface area contributed by atoms with Crippen molar-refractivity contribution in [3.05, 3.63) is 0 Å². The van der Waals surface area contributed by atoms with Crippen molar-refractivity contribution < 1.29 is 33.5 Å². The number of carbonyl (C=O) groups is 1. The Bertz CT molecular complexity index is 485. The molecule has 0 aromatic rings. The number of hydrogen-bond donors (Lipinski definition) is 3. The van der Waals surface area contributed by atoms with Gasteiger partial charge in [-0.3, -0.25) is 9.32 Å². The standard InChI is InChI=1S/C21H43O7P/c1-20(2,14-9-11-19(22)23)12-5-7-16-27-17-8-6-13-21(3,4)15-10-18-28-29(24,25)26/h5-18H2,1-4H3,(H,22,23)(H2,24,25,26). The van der Waals surface area contributed by atoms with Crippen LogP contribution in [0.3, 0.4) is 0 Å². The molecule has 0 aliphatic carbocycles. The Labute approximate surface area is 176 Å². The fourth-order valence-electron chi connectivity index (χ4n) is 3.42. The second-order valence-corrected chi connectivity index (χ2v) is 10.8. The number of rotatable bonds is 19. The summed E-state index contributed by atoms with van der Waals surface area (Å²) < 4.78 is 20.9. The number of ether oxygens (including phenoxy) is 1. The Kier molecular flexibility index (Phi) is 14.3. The summed E-state index contributed by atoms with van der Waals surface area (Å²) >= 11 is 0. The summed E-state index contributed by atoms with van der Waals surface area (Å²) in [6, 6.07) is 0. The first-order valence-corrected chi connectivity index (χ1v) is 12.4. The molecule has 0 fully saturated rings. The van der Waals surface area contributed by atoms with E-state index < -0.39 is 13.8 Å². The van der Waals surface area contributed by atoms with Crippen molar-refractivity contribution in [3.8, 4) is 0 Å². The molecule has 0 spiro atoms. The fraction of sp³-hybridized carbons (Fsp3) is 0.952. The van der Waals surface area contributed by atoms with Gasteiger partial charge in [-0.25, -0.2) is 4.57 Å². The van der Waals surface area contributed by atoms with Gasteiger partial charge >= 0.3 is 13.8 Å². The van der Waals surface area contributed by atoms with Gasteiger partial charge in [0.2, 0.25) is 0 Å². The van der Waals surface area contributed by atoms with Gasteiger partial charge in [-0.1, -0.05) is 40.5 Å². The lowest BCUT2D eigenvalue weighted by molar-refractivity contribution is -0.137. The highest BCUT2D eigenvalue weighted by atomic mass is 31.2. The molecular weight excluding hydrogens is 395 g/mol. The Morgan fingerprint density at radius 1 is 0.759 bits per heavy atom. The highest BCUT2D eigenvalue weighted by Crippen LogP contribution is 2.37. The Morgan fingerprint density at radius 2 is 1.21 bits per heavy atom. The van der Waals surface area contributed by atoms with Crippen molar-refractivity contribution in [1.29, 1.82) is 0 Å². The summed E-state index contributed by atoms with van der Waals surface area (Å²) in [4.78, 5) is 27.9. The molecule has 0 saturated carbocycles. The van der Waals surface area contributed by atoms with Crippen molar-refractivity contribution in [1.82, 2.24) is 0 Å². The lowest BCUT2D eigenvalue weighted by atomic mass is 9.82. The van der Waals surface area contributed by atoms with E-state index in [1.807, 2.05) is 0 Å². The molecule has 0 atom stereocenters. The third kappa shape index (κ3) is 20.6. The predicted octanol–water partition coefficient (Wildman–Crippen LogP) is 5.54. The highest BCUT2D eigenvalue weighted by Gasteiger charge is 2.19. The lowest BCUT2D eigenvalue weighted by Crippen LogP contribution is -2.13. The SMILES string of the molecule is CC(C)(CCCCOCCCCC(C)(C)CCCC(=O)O)CCCOP(=O)(O)O. The van der Waals surface area contributed by atoms with Gasteiger partial charge in [-0.05, 0) is 62.2 Å². The summed E-state index contributed by atoms with van der Waals surface area (Å²) in [6.45, 7) is 10.4. The maximum atomic E-state index is 10.6. The topological polar surface area (TPSA) is 113 Å². The molecule has 0 radical (unpaired) electrons. The average molecular weight is 439 g/mol. The van der Waals surface area contributed by atoms with E-state index in [0.717, 1.165) is 71.0 Å². The van der Waals surface area contributed by atoms with Crippen molar-refractivity contribution >= 4 is 13.8 Å². The Balaban J connectivity index is 3.60. The molecule has 0 saturated heterocycles. The molecule has 174 valence electrons. The highest BCUT2D eigenvalue weighted by molar-refractivity contribution is 7.46. The third-order valence-electron chi connectivity index (χ3n) is 5.29. The molecule has 7 nitrogen and oxygen atoms in total. The van der Waals surface area contributed by atoms with Crippen molar-refractivity contribution in [2.24, 2.45) is 10.8 Å². The van der Waals surface area contributed by atoms with Crippen LogP contribution in [0.2, 0.25) is 0 Å². The summed E-state index contributed by atoms with van der Waals surface area (Å²) in [5, 5.41) is 8.72. The van der Waals surface area contributed by atoms with Crippen LogP contribution in [0.1, 0.15) is 98.3 Å². The zero-order valence-electron chi connectivity index (χ0n) is 18.8. The van der Waals surface area contributed by atoms with Crippen molar-refractivity contribution in [2.75, 3.05) is 19.8 Å². The van der Waals surface area contributed by atoms with Crippen LogP contribution in [0.15, 0.2) is 0 Å². The van der Waals surface area contributed by atoms with Crippen molar-refractivity contribution in [2.45, 2.75) is 98.3 Å². The van der Waals surface area contributed by atoms with Gasteiger partial charge < -0.3 is 19.6 Å². The number of phosphoric ester groups is 1. The molecular formula is C21H43O7P. The van der Waals surface area contributed by atoms with Crippen LogP contribution in [0.5, 0.6) is 0 Å². The maximum absolute atomic E-state index is 10.6. The zero-order chi connectivity index (χ0) is 22.4. The van der Waals surface area contributed by atoms with Gasteiger partial charge in [0.15, 0.2) is 0 Å². The number of carboxylic acid groups (broad SMARTS) is 1. The number of aliphatic carboxylic acids is 1. The first kappa shape index (κ1) is 28.5. The van der Waals surface area contributed by atoms with Crippen LogP contribution in [-0.2, 0) is 18.6 Å². The Hall–Kier alpha value is -0.460. The predicted molar refractivity (Wildman–Crippen MR) is 115 cm³/mol. The smallest absolute Gasteiger partial charge is 0.469 e. The molecule has 0 rings (SSSR count). The monoisotopic (exact) mass is 438 g/mol. The molecule has 0 amide bonds. The summed E-state index contributed by atoms with van der Waals surface area (Å²) in [5.41, 5.74) is 0.321. The average Bonchev–Trinajstić information content (AvgIpc) is 2.56. The van der Waals surface area contributed by atoms with E-state index in [2.05, 4.69) is 32.2 Å². The second kappa shape index (κ2) is 14.5. The summed E-state index contributed by atoms with van der Waals surface area (Å²) in [6.07, 6.45) is 9.82. The largest absolute Gasteiger partial charge is 0.481 e. The van der Waals surface area contributed by atoms with Gasteiger partial charge in [0, 0.05) is 19.6 Å². The first-order valence-electron chi connectivity index (χ1n) is 10.8. The van der Waals surface area contributed by atoms with Crippen LogP contribution in [0.4, 0.5) is 0 Å². The molecule has 3 N–H and O–H groups in total. The number of phosphoric acid groups is 1. The zero-order valence-corrected chi connectivity index (χ0v) is 19.7.